The van der Waals surface area contributed by atoms with E-state index in [9.17, 15) is 0 Å². The molecule has 0 unspecified atom stereocenters. The molecule has 0 saturated heterocycles. The topological polar surface area (TPSA) is 75.3 Å². The Labute approximate surface area is 199 Å². The number of hydrogen-bond donors (Lipinski definition) is 2. The number of nitrogens with zero attached hydrogens (tertiary/aromatic N) is 3. The van der Waals surface area contributed by atoms with E-state index in [0.717, 1.165) is 47.6 Å². The van der Waals surface area contributed by atoms with E-state index in [1.54, 1.807) is 11.3 Å². The lowest BCUT2D eigenvalue weighted by Gasteiger charge is -2.10. The maximum atomic E-state index is 5.36. The number of aliphatic imine (C=N–C) groups is 1. The van der Waals surface area contributed by atoms with Crippen molar-refractivity contribution in [3.8, 4) is 10.6 Å². The van der Waals surface area contributed by atoms with Gasteiger partial charge in [0.05, 0.1) is 11.4 Å². The first-order chi connectivity index (χ1) is 14.0. The van der Waals surface area contributed by atoms with Crippen molar-refractivity contribution in [1.82, 2.24) is 20.8 Å². The molecular weight excluding hydrogens is 509 g/mol. The average molecular weight is 539 g/mol. The van der Waals surface area contributed by atoms with E-state index in [4.69, 9.17) is 9.51 Å². The van der Waals surface area contributed by atoms with Crippen molar-refractivity contribution in [3.63, 3.8) is 0 Å². The van der Waals surface area contributed by atoms with Crippen molar-refractivity contribution in [2.45, 2.75) is 46.6 Å². The van der Waals surface area contributed by atoms with E-state index in [2.05, 4.69) is 78.1 Å². The lowest BCUT2D eigenvalue weighted by atomic mass is 10.1. The lowest BCUT2D eigenvalue weighted by molar-refractivity contribution is 0.376. The molecule has 162 valence electrons. The van der Waals surface area contributed by atoms with Crippen LogP contribution < -0.4 is 10.6 Å². The molecule has 0 saturated carbocycles. The van der Waals surface area contributed by atoms with Crippen LogP contribution in [0.3, 0.4) is 0 Å². The molecule has 6 nitrogen and oxygen atoms in total. The normalized spacial score (nSPS) is 11.4. The van der Waals surface area contributed by atoms with E-state index in [0.29, 0.717) is 12.5 Å². The third-order valence-electron chi connectivity index (χ3n) is 4.43. The van der Waals surface area contributed by atoms with Crippen LogP contribution >= 0.6 is 35.3 Å². The predicted molar refractivity (Wildman–Crippen MR) is 135 cm³/mol. The third kappa shape index (κ3) is 7.09. The van der Waals surface area contributed by atoms with Crippen LogP contribution in [0.2, 0.25) is 0 Å². The maximum absolute atomic E-state index is 5.36. The Hall–Kier alpha value is -1.94. The van der Waals surface area contributed by atoms with Crippen LogP contribution in [0.1, 0.15) is 49.4 Å². The molecule has 0 atom stereocenters. The fourth-order valence-corrected chi connectivity index (χ4v) is 3.59. The van der Waals surface area contributed by atoms with Crippen molar-refractivity contribution >= 4 is 41.3 Å². The summed E-state index contributed by atoms with van der Waals surface area (Å²) >= 11 is 1.69. The summed E-state index contributed by atoms with van der Waals surface area (Å²) in [6.07, 6.45) is 0.840. The number of halogens is 1. The first-order valence-electron chi connectivity index (χ1n) is 10.0. The van der Waals surface area contributed by atoms with Gasteiger partial charge in [-0.1, -0.05) is 48.8 Å². The van der Waals surface area contributed by atoms with Gasteiger partial charge in [-0.25, -0.2) is 9.98 Å². The molecule has 2 heterocycles. The Morgan fingerprint density at radius 3 is 2.63 bits per heavy atom. The summed E-state index contributed by atoms with van der Waals surface area (Å²) in [5.41, 5.74) is 4.48. The summed E-state index contributed by atoms with van der Waals surface area (Å²) in [5, 5.41) is 13.9. The molecule has 0 radical (unpaired) electrons. The number of rotatable bonds is 8. The van der Waals surface area contributed by atoms with E-state index < -0.39 is 0 Å². The fourth-order valence-electron chi connectivity index (χ4n) is 2.73. The largest absolute Gasteiger partial charge is 0.359 e. The molecule has 3 rings (SSSR count). The van der Waals surface area contributed by atoms with Crippen LogP contribution in [0, 0.1) is 6.92 Å². The first-order valence-corrected chi connectivity index (χ1v) is 10.9. The second-order valence-corrected chi connectivity index (χ2v) is 8.11. The zero-order chi connectivity index (χ0) is 20.6. The highest BCUT2D eigenvalue weighted by atomic mass is 127. The molecule has 0 bridgehead atoms. The average Bonchev–Trinajstić information content (AvgIpc) is 3.36. The molecule has 2 aromatic heterocycles. The van der Waals surface area contributed by atoms with E-state index >= 15 is 0 Å². The summed E-state index contributed by atoms with van der Waals surface area (Å²) < 4.78 is 5.36. The standard InChI is InChI=1S/C22H29N5OS.HI/c1-5-23-22(25-13-19-12-20(15(2)3)27-28-19)24-11-10-18-14-29-21(26-18)17-8-6-16(4)7-9-17;/h6-9,12,14-15H,5,10-11,13H2,1-4H3,(H2,23,24,25);1H. The summed E-state index contributed by atoms with van der Waals surface area (Å²) in [6.45, 7) is 10.4. The highest BCUT2D eigenvalue weighted by Crippen LogP contribution is 2.24. The summed E-state index contributed by atoms with van der Waals surface area (Å²) in [4.78, 5) is 9.35. The first kappa shape index (κ1) is 24.3. The van der Waals surface area contributed by atoms with Crippen LogP contribution in [0.5, 0.6) is 0 Å². The van der Waals surface area contributed by atoms with Crippen molar-refractivity contribution in [2.24, 2.45) is 4.99 Å². The van der Waals surface area contributed by atoms with Crippen molar-refractivity contribution in [2.75, 3.05) is 13.1 Å². The van der Waals surface area contributed by atoms with Gasteiger partial charge in [0.2, 0.25) is 0 Å². The quantitative estimate of drug-likeness (QED) is 0.236. The molecule has 30 heavy (non-hydrogen) atoms. The zero-order valence-corrected chi connectivity index (χ0v) is 21.1. The smallest absolute Gasteiger partial charge is 0.191 e. The van der Waals surface area contributed by atoms with Gasteiger partial charge in [0.25, 0.3) is 0 Å². The maximum Gasteiger partial charge on any atom is 0.191 e. The monoisotopic (exact) mass is 539 g/mol. The third-order valence-corrected chi connectivity index (χ3v) is 5.37. The van der Waals surface area contributed by atoms with Gasteiger partial charge in [-0.05, 0) is 19.8 Å². The Kier molecular flexibility index (Phi) is 9.77. The summed E-state index contributed by atoms with van der Waals surface area (Å²) in [7, 11) is 0. The number of thiazole rings is 1. The predicted octanol–water partition coefficient (Wildman–Crippen LogP) is 5.15. The van der Waals surface area contributed by atoms with Gasteiger partial charge in [-0.15, -0.1) is 35.3 Å². The SMILES string of the molecule is CCNC(=NCc1cc(C(C)C)no1)NCCc1csc(-c2ccc(C)cc2)n1.I. The second kappa shape index (κ2) is 12.0. The molecule has 3 aromatic rings. The van der Waals surface area contributed by atoms with Crippen LogP contribution in [0.25, 0.3) is 10.6 Å². The van der Waals surface area contributed by atoms with Crippen molar-refractivity contribution in [1.29, 1.82) is 0 Å². The van der Waals surface area contributed by atoms with E-state index in [-0.39, 0.29) is 24.0 Å². The molecule has 0 aliphatic carbocycles. The number of aromatic nitrogens is 2. The van der Waals surface area contributed by atoms with Gasteiger partial charge in [0.15, 0.2) is 11.7 Å². The molecule has 0 amide bonds. The number of hydrogen-bond acceptors (Lipinski definition) is 5. The number of aryl methyl sites for hydroxylation is 1. The van der Waals surface area contributed by atoms with Crippen molar-refractivity contribution in [3.05, 3.63) is 58.4 Å². The summed E-state index contributed by atoms with van der Waals surface area (Å²) in [6, 6.07) is 10.5. The van der Waals surface area contributed by atoms with Crippen molar-refractivity contribution < 1.29 is 4.52 Å². The lowest BCUT2D eigenvalue weighted by Crippen LogP contribution is -2.38. The van der Waals surface area contributed by atoms with Gasteiger partial charge in [-0.2, -0.15) is 0 Å². The molecule has 0 spiro atoms. The molecule has 0 aliphatic heterocycles. The molecular formula is C22H30IN5OS. The Bertz CT molecular complexity index is 933. The van der Waals surface area contributed by atoms with Gasteiger partial charge >= 0.3 is 0 Å². The second-order valence-electron chi connectivity index (χ2n) is 7.25. The molecule has 8 heteroatoms. The Morgan fingerprint density at radius 2 is 1.97 bits per heavy atom. The van der Waals surface area contributed by atoms with Gasteiger partial charge in [0, 0.05) is 36.5 Å². The molecule has 0 aliphatic rings. The Balaban J connectivity index is 0.00000320. The number of guanidine groups is 1. The number of nitrogens with one attached hydrogen (secondary N) is 2. The Morgan fingerprint density at radius 1 is 1.20 bits per heavy atom. The zero-order valence-electron chi connectivity index (χ0n) is 17.9. The summed E-state index contributed by atoms with van der Waals surface area (Å²) in [5.74, 6) is 1.89. The van der Waals surface area contributed by atoms with E-state index in [1.165, 1.54) is 11.1 Å². The molecule has 2 N–H and O–H groups in total. The van der Waals surface area contributed by atoms with Gasteiger partial charge < -0.3 is 15.2 Å². The van der Waals surface area contributed by atoms with Gasteiger partial charge in [0.1, 0.15) is 11.6 Å². The van der Waals surface area contributed by atoms with Crippen LogP contribution in [-0.4, -0.2) is 29.2 Å². The fraction of sp³-hybridized carbons (Fsp3) is 0.409. The van der Waals surface area contributed by atoms with Crippen LogP contribution in [-0.2, 0) is 13.0 Å². The van der Waals surface area contributed by atoms with E-state index in [1.807, 2.05) is 6.07 Å². The van der Waals surface area contributed by atoms with Crippen LogP contribution in [0.15, 0.2) is 45.2 Å². The number of benzene rings is 1. The highest BCUT2D eigenvalue weighted by molar-refractivity contribution is 14.0. The molecule has 0 fully saturated rings. The van der Waals surface area contributed by atoms with Gasteiger partial charge in [-0.3, -0.25) is 0 Å². The highest BCUT2D eigenvalue weighted by Gasteiger charge is 2.08. The molecule has 1 aromatic carbocycles. The minimum atomic E-state index is 0. The van der Waals surface area contributed by atoms with Crippen LogP contribution in [0.4, 0.5) is 0 Å². The minimum absolute atomic E-state index is 0. The minimum Gasteiger partial charge on any atom is -0.359 e.